The maximum Gasteiger partial charge on any atom is 0.337 e. The third-order valence-electron chi connectivity index (χ3n) is 2.80. The van der Waals surface area contributed by atoms with Gasteiger partial charge in [0.1, 0.15) is 0 Å². The van der Waals surface area contributed by atoms with Crippen molar-refractivity contribution in [2.45, 2.75) is 33.1 Å². The maximum atomic E-state index is 11.8. The van der Waals surface area contributed by atoms with Crippen LogP contribution in [0.2, 0.25) is 5.02 Å². The van der Waals surface area contributed by atoms with Crippen LogP contribution in [0, 0.1) is 5.92 Å². The van der Waals surface area contributed by atoms with E-state index in [-0.39, 0.29) is 16.5 Å². The van der Waals surface area contributed by atoms with E-state index in [1.165, 1.54) is 18.2 Å². The maximum absolute atomic E-state index is 11.8. The number of aromatic carboxylic acids is 1. The number of carbonyl (C=O) groups is 2. The molecule has 1 amide bonds. The summed E-state index contributed by atoms with van der Waals surface area (Å²) >= 11 is 5.83. The molecule has 0 radical (unpaired) electrons. The summed E-state index contributed by atoms with van der Waals surface area (Å²) in [6, 6.07) is 4.38. The molecule has 19 heavy (non-hydrogen) atoms. The quantitative estimate of drug-likeness (QED) is 0.834. The van der Waals surface area contributed by atoms with Crippen LogP contribution in [-0.2, 0) is 4.79 Å². The summed E-state index contributed by atoms with van der Waals surface area (Å²) < 4.78 is 0. The van der Waals surface area contributed by atoms with Crippen molar-refractivity contribution in [3.8, 4) is 0 Å². The summed E-state index contributed by atoms with van der Waals surface area (Å²) in [5.41, 5.74) is 0.544. The van der Waals surface area contributed by atoms with Crippen molar-refractivity contribution in [2.75, 3.05) is 5.32 Å². The van der Waals surface area contributed by atoms with Gasteiger partial charge >= 0.3 is 5.97 Å². The second-order valence-corrected chi connectivity index (χ2v) is 5.05. The number of carboxylic acid groups (broad SMARTS) is 1. The molecule has 1 rings (SSSR count). The average Bonchev–Trinajstić information content (AvgIpc) is 2.28. The predicted octanol–water partition coefficient (Wildman–Crippen LogP) is 3.80. The number of halogens is 1. The van der Waals surface area contributed by atoms with Gasteiger partial charge in [-0.2, -0.15) is 0 Å². The van der Waals surface area contributed by atoms with Crippen LogP contribution in [0.15, 0.2) is 18.2 Å². The van der Waals surface area contributed by atoms with Gasteiger partial charge < -0.3 is 10.4 Å². The molecule has 0 fully saturated rings. The number of benzene rings is 1. The van der Waals surface area contributed by atoms with Gasteiger partial charge in [-0.25, -0.2) is 4.79 Å². The van der Waals surface area contributed by atoms with Gasteiger partial charge in [-0.15, -0.1) is 0 Å². The first-order chi connectivity index (χ1) is 8.93. The number of hydrogen-bond acceptors (Lipinski definition) is 2. The first-order valence-electron chi connectivity index (χ1n) is 6.26. The van der Waals surface area contributed by atoms with Crippen molar-refractivity contribution >= 4 is 29.2 Å². The fraction of sp³-hybridized carbons (Fsp3) is 0.429. The molecule has 1 aromatic carbocycles. The molecule has 104 valence electrons. The minimum Gasteiger partial charge on any atom is -0.478 e. The standard InChI is InChI=1S/C14H18ClNO3/c1-3-4-9(2)7-13(17)16-10-5-6-11(14(18)19)12(15)8-10/h5-6,8-9H,3-4,7H2,1-2H3,(H,16,17)(H,18,19). The Hall–Kier alpha value is -1.55. The molecule has 0 saturated carbocycles. The van der Waals surface area contributed by atoms with Crippen molar-refractivity contribution in [3.63, 3.8) is 0 Å². The van der Waals surface area contributed by atoms with E-state index in [0.29, 0.717) is 18.0 Å². The monoisotopic (exact) mass is 283 g/mol. The number of rotatable bonds is 6. The van der Waals surface area contributed by atoms with E-state index in [4.69, 9.17) is 16.7 Å². The molecule has 2 N–H and O–H groups in total. The molecule has 0 bridgehead atoms. The first-order valence-corrected chi connectivity index (χ1v) is 6.64. The van der Waals surface area contributed by atoms with Gasteiger partial charge in [0.2, 0.25) is 5.91 Å². The summed E-state index contributed by atoms with van der Waals surface area (Å²) in [4.78, 5) is 22.6. The van der Waals surface area contributed by atoms with Crippen LogP contribution in [0.4, 0.5) is 5.69 Å². The number of anilines is 1. The minimum absolute atomic E-state index is 0.0269. The van der Waals surface area contributed by atoms with E-state index < -0.39 is 5.97 Å². The molecule has 0 spiro atoms. The van der Waals surface area contributed by atoms with Gasteiger partial charge in [-0.05, 0) is 24.1 Å². The van der Waals surface area contributed by atoms with Crippen LogP contribution >= 0.6 is 11.6 Å². The van der Waals surface area contributed by atoms with Crippen molar-refractivity contribution in [1.82, 2.24) is 0 Å². The van der Waals surface area contributed by atoms with Gasteiger partial charge in [-0.1, -0.05) is 38.3 Å². The van der Waals surface area contributed by atoms with Gasteiger partial charge in [0.15, 0.2) is 0 Å². The minimum atomic E-state index is -1.08. The van der Waals surface area contributed by atoms with E-state index in [0.717, 1.165) is 12.8 Å². The van der Waals surface area contributed by atoms with E-state index in [9.17, 15) is 9.59 Å². The van der Waals surface area contributed by atoms with Crippen LogP contribution < -0.4 is 5.32 Å². The molecule has 1 unspecified atom stereocenters. The van der Waals surface area contributed by atoms with Gasteiger partial charge in [0.05, 0.1) is 10.6 Å². The van der Waals surface area contributed by atoms with Crippen LogP contribution in [-0.4, -0.2) is 17.0 Å². The summed E-state index contributed by atoms with van der Waals surface area (Å²) in [5.74, 6) is -0.835. The number of carbonyl (C=O) groups excluding carboxylic acids is 1. The highest BCUT2D eigenvalue weighted by molar-refractivity contribution is 6.33. The van der Waals surface area contributed by atoms with Crippen molar-refractivity contribution < 1.29 is 14.7 Å². The summed E-state index contributed by atoms with van der Waals surface area (Å²) in [6.45, 7) is 4.11. The normalized spacial score (nSPS) is 11.9. The lowest BCUT2D eigenvalue weighted by Gasteiger charge is -2.11. The van der Waals surface area contributed by atoms with Crippen molar-refractivity contribution in [3.05, 3.63) is 28.8 Å². The van der Waals surface area contributed by atoms with Crippen LogP contribution in [0.5, 0.6) is 0 Å². The van der Waals surface area contributed by atoms with Gasteiger partial charge in [0.25, 0.3) is 0 Å². The topological polar surface area (TPSA) is 66.4 Å². The molecule has 4 nitrogen and oxygen atoms in total. The third kappa shape index (κ3) is 4.91. The Balaban J connectivity index is 2.65. The molecular formula is C14H18ClNO3. The highest BCUT2D eigenvalue weighted by atomic mass is 35.5. The smallest absolute Gasteiger partial charge is 0.337 e. The summed E-state index contributed by atoms with van der Waals surface area (Å²) in [6.07, 6.45) is 2.51. The first kappa shape index (κ1) is 15.5. The Morgan fingerprint density at radius 1 is 1.42 bits per heavy atom. The number of hydrogen-bond donors (Lipinski definition) is 2. The molecule has 1 aromatic rings. The second kappa shape index (κ2) is 7.14. The number of amides is 1. The van der Waals surface area contributed by atoms with Crippen molar-refractivity contribution in [2.24, 2.45) is 5.92 Å². The highest BCUT2D eigenvalue weighted by Gasteiger charge is 2.12. The molecule has 0 heterocycles. The fourth-order valence-corrected chi connectivity index (χ4v) is 2.15. The van der Waals surface area contributed by atoms with E-state index in [2.05, 4.69) is 12.2 Å². The molecular weight excluding hydrogens is 266 g/mol. The Morgan fingerprint density at radius 2 is 2.11 bits per heavy atom. The lowest BCUT2D eigenvalue weighted by atomic mass is 10.0. The van der Waals surface area contributed by atoms with E-state index in [1.807, 2.05) is 6.92 Å². The van der Waals surface area contributed by atoms with Gasteiger partial charge in [0, 0.05) is 12.1 Å². The van der Waals surface area contributed by atoms with Gasteiger partial charge in [-0.3, -0.25) is 4.79 Å². The zero-order chi connectivity index (χ0) is 14.4. The molecule has 0 aromatic heterocycles. The molecule has 1 atom stereocenters. The lowest BCUT2D eigenvalue weighted by Crippen LogP contribution is -2.15. The summed E-state index contributed by atoms with van der Waals surface area (Å²) in [7, 11) is 0. The number of nitrogens with one attached hydrogen (secondary N) is 1. The molecule has 0 aliphatic rings. The zero-order valence-corrected chi connectivity index (χ0v) is 11.8. The molecule has 0 aliphatic carbocycles. The molecule has 0 saturated heterocycles. The Kier molecular flexibility index (Phi) is 5.83. The van der Waals surface area contributed by atoms with E-state index >= 15 is 0 Å². The summed E-state index contributed by atoms with van der Waals surface area (Å²) in [5, 5.41) is 11.7. The highest BCUT2D eigenvalue weighted by Crippen LogP contribution is 2.21. The predicted molar refractivity (Wildman–Crippen MR) is 75.7 cm³/mol. The Morgan fingerprint density at radius 3 is 2.63 bits per heavy atom. The molecule has 5 heteroatoms. The molecule has 0 aliphatic heterocycles. The third-order valence-corrected chi connectivity index (χ3v) is 3.11. The number of carboxylic acids is 1. The van der Waals surface area contributed by atoms with Crippen LogP contribution in [0.1, 0.15) is 43.5 Å². The Labute approximate surface area is 117 Å². The lowest BCUT2D eigenvalue weighted by molar-refractivity contribution is -0.117. The second-order valence-electron chi connectivity index (χ2n) is 4.65. The SMILES string of the molecule is CCCC(C)CC(=O)Nc1ccc(C(=O)O)c(Cl)c1. The van der Waals surface area contributed by atoms with E-state index in [1.54, 1.807) is 0 Å². The Bertz CT molecular complexity index is 474. The fourth-order valence-electron chi connectivity index (χ4n) is 1.89. The van der Waals surface area contributed by atoms with Crippen LogP contribution in [0.3, 0.4) is 0 Å². The van der Waals surface area contributed by atoms with Crippen LogP contribution in [0.25, 0.3) is 0 Å². The van der Waals surface area contributed by atoms with Crippen molar-refractivity contribution in [1.29, 1.82) is 0 Å². The largest absolute Gasteiger partial charge is 0.478 e. The zero-order valence-electron chi connectivity index (χ0n) is 11.1. The average molecular weight is 284 g/mol.